The number of hydrogen-bond acceptors (Lipinski definition) is 4. The number of piperidine rings is 1. The van der Waals surface area contributed by atoms with Crippen LogP contribution < -0.4 is 5.56 Å². The van der Waals surface area contributed by atoms with Crippen molar-refractivity contribution in [3.63, 3.8) is 0 Å². The normalized spacial score (nSPS) is 18.4. The third-order valence-corrected chi connectivity index (χ3v) is 5.02. The van der Waals surface area contributed by atoms with Crippen molar-refractivity contribution in [3.05, 3.63) is 45.2 Å². The molecule has 1 fully saturated rings. The van der Waals surface area contributed by atoms with Crippen LogP contribution in [0.5, 0.6) is 0 Å². The number of ether oxygens (including phenoxy) is 1. The van der Waals surface area contributed by atoms with Gasteiger partial charge in [-0.25, -0.2) is 0 Å². The van der Waals surface area contributed by atoms with E-state index in [2.05, 4.69) is 4.90 Å². The van der Waals surface area contributed by atoms with Gasteiger partial charge in [0.25, 0.3) is 5.56 Å². The largest absolute Gasteiger partial charge is 0.466 e. The number of aryl methyl sites for hydroxylation is 1. The molecule has 3 rings (SSSR count). The maximum absolute atomic E-state index is 12.7. The number of rotatable bonds is 4. The van der Waals surface area contributed by atoms with Crippen LogP contribution in [-0.2, 0) is 23.1 Å². The van der Waals surface area contributed by atoms with Gasteiger partial charge < -0.3 is 9.30 Å². The summed E-state index contributed by atoms with van der Waals surface area (Å²) in [5.41, 5.74) is 1.54. The van der Waals surface area contributed by atoms with Gasteiger partial charge in [0, 0.05) is 30.7 Å². The van der Waals surface area contributed by atoms with Crippen molar-refractivity contribution in [1.82, 2.24) is 9.47 Å². The first-order chi connectivity index (χ1) is 12.0. The van der Waals surface area contributed by atoms with Crippen LogP contribution in [0.3, 0.4) is 0 Å². The van der Waals surface area contributed by atoms with E-state index in [1.165, 1.54) is 0 Å². The number of carbonyl (C=O) groups excluding carboxylic acids is 1. The fraction of sp³-hybridized carbons (Fsp3) is 0.474. The Morgan fingerprint density at radius 2 is 2.16 bits per heavy atom. The van der Waals surface area contributed by atoms with E-state index in [0.29, 0.717) is 24.7 Å². The highest BCUT2D eigenvalue weighted by molar-refractivity contribution is 6.31. The maximum Gasteiger partial charge on any atom is 0.310 e. The smallest absolute Gasteiger partial charge is 0.310 e. The summed E-state index contributed by atoms with van der Waals surface area (Å²) >= 11 is 6.04. The first kappa shape index (κ1) is 18.0. The van der Waals surface area contributed by atoms with Gasteiger partial charge in [-0.1, -0.05) is 17.7 Å². The van der Waals surface area contributed by atoms with Crippen LogP contribution in [-0.4, -0.2) is 35.1 Å². The van der Waals surface area contributed by atoms with Crippen LogP contribution in [0, 0.1) is 5.92 Å². The molecule has 0 amide bonds. The van der Waals surface area contributed by atoms with Crippen LogP contribution in [0.25, 0.3) is 10.9 Å². The molecule has 2 heterocycles. The van der Waals surface area contributed by atoms with E-state index in [1.54, 1.807) is 17.7 Å². The predicted molar refractivity (Wildman–Crippen MR) is 98.8 cm³/mol. The lowest BCUT2D eigenvalue weighted by molar-refractivity contribution is -0.150. The summed E-state index contributed by atoms with van der Waals surface area (Å²) in [6, 6.07) is 7.50. The molecular weight excluding hydrogens is 340 g/mol. The molecule has 0 N–H and O–H groups in total. The summed E-state index contributed by atoms with van der Waals surface area (Å²) < 4.78 is 6.79. The first-order valence-corrected chi connectivity index (χ1v) is 9.04. The van der Waals surface area contributed by atoms with Gasteiger partial charge in [-0.2, -0.15) is 0 Å². The second-order valence-corrected chi connectivity index (χ2v) is 7.00. The molecule has 6 heteroatoms. The van der Waals surface area contributed by atoms with Crippen molar-refractivity contribution in [2.24, 2.45) is 13.0 Å². The summed E-state index contributed by atoms with van der Waals surface area (Å²) in [6.45, 7) is 4.30. The van der Waals surface area contributed by atoms with E-state index in [9.17, 15) is 9.59 Å². The Labute approximate surface area is 152 Å². The van der Waals surface area contributed by atoms with Gasteiger partial charge in [0.15, 0.2) is 0 Å². The van der Waals surface area contributed by atoms with Crippen molar-refractivity contribution in [2.75, 3.05) is 19.7 Å². The standard InChI is InChI=1S/C19H23ClN2O3/c1-3-25-19(24)14-5-4-8-22(11-14)12-15-9-13-6-7-16(20)10-17(13)21(2)18(15)23/h6-7,9-10,14H,3-5,8,11-12H2,1-2H3. The Balaban J connectivity index is 1.83. The Kier molecular flexibility index (Phi) is 5.45. The molecule has 25 heavy (non-hydrogen) atoms. The van der Waals surface area contributed by atoms with Crippen molar-refractivity contribution in [2.45, 2.75) is 26.3 Å². The highest BCUT2D eigenvalue weighted by atomic mass is 35.5. The predicted octanol–water partition coefficient (Wildman–Crippen LogP) is 2.97. The fourth-order valence-electron chi connectivity index (χ4n) is 3.51. The van der Waals surface area contributed by atoms with Gasteiger partial charge in [-0.15, -0.1) is 0 Å². The third-order valence-electron chi connectivity index (χ3n) is 4.78. The topological polar surface area (TPSA) is 51.5 Å². The van der Waals surface area contributed by atoms with E-state index in [0.717, 1.165) is 35.9 Å². The molecule has 0 spiro atoms. The second kappa shape index (κ2) is 7.58. The molecule has 1 aliphatic rings. The number of likely N-dealkylation sites (tertiary alicyclic amines) is 1. The lowest BCUT2D eigenvalue weighted by Crippen LogP contribution is -2.40. The number of fused-ring (bicyclic) bond motifs is 1. The lowest BCUT2D eigenvalue weighted by Gasteiger charge is -2.31. The number of halogens is 1. The highest BCUT2D eigenvalue weighted by Gasteiger charge is 2.27. The van der Waals surface area contributed by atoms with Gasteiger partial charge in [-0.3, -0.25) is 14.5 Å². The molecule has 5 nitrogen and oxygen atoms in total. The molecular formula is C19H23ClN2O3. The summed E-state index contributed by atoms with van der Waals surface area (Å²) in [6.07, 6.45) is 1.79. The van der Waals surface area contributed by atoms with Crippen LogP contribution in [0.4, 0.5) is 0 Å². The van der Waals surface area contributed by atoms with Gasteiger partial charge >= 0.3 is 5.97 Å². The zero-order valence-corrected chi connectivity index (χ0v) is 15.4. The highest BCUT2D eigenvalue weighted by Crippen LogP contribution is 2.22. The third kappa shape index (κ3) is 3.88. The maximum atomic E-state index is 12.7. The lowest BCUT2D eigenvalue weighted by atomic mass is 9.97. The van der Waals surface area contributed by atoms with E-state index in [4.69, 9.17) is 16.3 Å². The number of aromatic nitrogens is 1. The minimum atomic E-state index is -0.131. The molecule has 1 aromatic heterocycles. The summed E-state index contributed by atoms with van der Waals surface area (Å²) in [7, 11) is 1.77. The van der Waals surface area contributed by atoms with Crippen LogP contribution in [0.2, 0.25) is 5.02 Å². The molecule has 1 saturated heterocycles. The molecule has 0 bridgehead atoms. The molecule has 1 aromatic carbocycles. The summed E-state index contributed by atoms with van der Waals surface area (Å²) in [4.78, 5) is 26.9. The molecule has 1 unspecified atom stereocenters. The minimum Gasteiger partial charge on any atom is -0.466 e. The Hall–Kier alpha value is -1.85. The molecule has 1 atom stereocenters. The van der Waals surface area contributed by atoms with Crippen molar-refractivity contribution in [1.29, 1.82) is 0 Å². The molecule has 0 aliphatic carbocycles. The van der Waals surface area contributed by atoms with Crippen molar-refractivity contribution >= 4 is 28.5 Å². The van der Waals surface area contributed by atoms with Crippen molar-refractivity contribution in [3.8, 4) is 0 Å². The van der Waals surface area contributed by atoms with Gasteiger partial charge in [0.2, 0.25) is 0 Å². The number of nitrogens with zero attached hydrogens (tertiary/aromatic N) is 2. The monoisotopic (exact) mass is 362 g/mol. The molecule has 2 aromatic rings. The number of carbonyl (C=O) groups is 1. The quantitative estimate of drug-likeness (QED) is 0.785. The summed E-state index contributed by atoms with van der Waals surface area (Å²) in [5.74, 6) is -0.231. The van der Waals surface area contributed by atoms with Gasteiger partial charge in [-0.05, 0) is 49.9 Å². The Morgan fingerprint density at radius 1 is 1.36 bits per heavy atom. The number of benzene rings is 1. The zero-order chi connectivity index (χ0) is 18.0. The Morgan fingerprint density at radius 3 is 2.92 bits per heavy atom. The van der Waals surface area contributed by atoms with Crippen molar-refractivity contribution < 1.29 is 9.53 Å². The number of hydrogen-bond donors (Lipinski definition) is 0. The zero-order valence-electron chi connectivity index (χ0n) is 14.6. The van der Waals surface area contributed by atoms with Gasteiger partial charge in [0.05, 0.1) is 18.0 Å². The van der Waals surface area contributed by atoms with E-state index in [1.807, 2.05) is 25.1 Å². The van der Waals surface area contributed by atoms with E-state index >= 15 is 0 Å². The summed E-state index contributed by atoms with van der Waals surface area (Å²) in [5, 5.41) is 1.60. The van der Waals surface area contributed by atoms with Crippen LogP contribution in [0.1, 0.15) is 25.3 Å². The average Bonchev–Trinajstić information content (AvgIpc) is 2.60. The number of esters is 1. The average molecular weight is 363 g/mol. The molecule has 0 radical (unpaired) electrons. The molecule has 0 saturated carbocycles. The van der Waals surface area contributed by atoms with Gasteiger partial charge in [0.1, 0.15) is 0 Å². The first-order valence-electron chi connectivity index (χ1n) is 8.66. The number of pyridine rings is 1. The second-order valence-electron chi connectivity index (χ2n) is 6.56. The fourth-order valence-corrected chi connectivity index (χ4v) is 3.68. The van der Waals surface area contributed by atoms with E-state index < -0.39 is 0 Å². The molecule has 1 aliphatic heterocycles. The van der Waals surface area contributed by atoms with Crippen LogP contribution in [0.15, 0.2) is 29.1 Å². The Bertz CT molecular complexity index is 846. The molecule has 134 valence electrons. The van der Waals surface area contributed by atoms with Crippen LogP contribution >= 0.6 is 11.6 Å². The minimum absolute atomic E-state index is 0.0203. The van der Waals surface area contributed by atoms with E-state index in [-0.39, 0.29) is 17.4 Å². The SMILES string of the molecule is CCOC(=O)C1CCCN(Cc2cc3ccc(Cl)cc3n(C)c2=O)C1.